The first-order valence-electron chi connectivity index (χ1n) is 7.36. The molecule has 1 atom stereocenters. The Morgan fingerprint density at radius 3 is 2.72 bits per heavy atom. The molecule has 0 aromatic heterocycles. The second-order valence-corrected chi connectivity index (χ2v) is 5.30. The van der Waals surface area contributed by atoms with Crippen LogP contribution in [0.25, 0.3) is 0 Å². The van der Waals surface area contributed by atoms with Crippen LogP contribution < -0.4 is 5.32 Å². The average molecular weight is 246 g/mol. The summed E-state index contributed by atoms with van der Waals surface area (Å²) in [6.45, 7) is 9.20. The lowest BCUT2D eigenvalue weighted by Crippen LogP contribution is -2.32. The predicted octanol–water partition coefficient (Wildman–Crippen LogP) is 2.82. The largest absolute Gasteiger partial charge is 0.313 e. The molecule has 1 heterocycles. The van der Waals surface area contributed by atoms with Crippen LogP contribution in [0, 0.1) is 0 Å². The van der Waals surface area contributed by atoms with Gasteiger partial charge < -0.3 is 5.32 Å². The van der Waals surface area contributed by atoms with Crippen LogP contribution in [0.1, 0.15) is 37.8 Å². The van der Waals surface area contributed by atoms with Gasteiger partial charge in [0.1, 0.15) is 0 Å². The third kappa shape index (κ3) is 3.56. The fraction of sp³-hybridized carbons (Fsp3) is 0.625. The molecule has 0 amide bonds. The molecule has 0 aliphatic carbocycles. The molecule has 2 nitrogen and oxygen atoms in total. The second-order valence-electron chi connectivity index (χ2n) is 5.30. The Bertz CT molecular complexity index is 362. The molecular formula is C16H26N2. The Hall–Kier alpha value is -0.860. The molecule has 0 saturated carbocycles. The van der Waals surface area contributed by atoms with Gasteiger partial charge in [-0.15, -0.1) is 0 Å². The first-order chi connectivity index (χ1) is 8.83. The van der Waals surface area contributed by atoms with Gasteiger partial charge in [0, 0.05) is 25.7 Å². The summed E-state index contributed by atoms with van der Waals surface area (Å²) in [6, 6.07) is 9.57. The molecular weight excluding hydrogens is 220 g/mol. The first kappa shape index (κ1) is 13.6. The highest BCUT2D eigenvalue weighted by Crippen LogP contribution is 2.16. The van der Waals surface area contributed by atoms with Crippen molar-refractivity contribution in [3.05, 3.63) is 35.4 Å². The van der Waals surface area contributed by atoms with E-state index in [4.69, 9.17) is 0 Å². The van der Waals surface area contributed by atoms with Gasteiger partial charge in [-0.25, -0.2) is 0 Å². The van der Waals surface area contributed by atoms with E-state index in [2.05, 4.69) is 48.3 Å². The van der Waals surface area contributed by atoms with Gasteiger partial charge in [0.15, 0.2) is 0 Å². The van der Waals surface area contributed by atoms with E-state index in [1.807, 2.05) is 0 Å². The van der Waals surface area contributed by atoms with E-state index in [0.717, 1.165) is 19.5 Å². The van der Waals surface area contributed by atoms with Crippen molar-refractivity contribution in [2.45, 2.75) is 45.7 Å². The second kappa shape index (κ2) is 6.91. The van der Waals surface area contributed by atoms with E-state index in [1.54, 1.807) is 0 Å². The fourth-order valence-electron chi connectivity index (χ4n) is 2.79. The molecule has 1 aromatic carbocycles. The molecule has 0 bridgehead atoms. The van der Waals surface area contributed by atoms with Crippen molar-refractivity contribution in [1.82, 2.24) is 10.2 Å². The topological polar surface area (TPSA) is 15.3 Å². The monoisotopic (exact) mass is 246 g/mol. The molecule has 1 N–H and O–H groups in total. The van der Waals surface area contributed by atoms with Gasteiger partial charge in [-0.1, -0.05) is 38.1 Å². The molecule has 0 spiro atoms. The van der Waals surface area contributed by atoms with Gasteiger partial charge in [-0.2, -0.15) is 0 Å². The number of nitrogens with zero attached hydrogens (tertiary/aromatic N) is 1. The summed E-state index contributed by atoms with van der Waals surface area (Å²) in [4.78, 5) is 2.59. The minimum absolute atomic E-state index is 0.707. The normalized spacial score (nSPS) is 20.4. The molecule has 2 heteroatoms. The van der Waals surface area contributed by atoms with Crippen LogP contribution in [-0.4, -0.2) is 30.6 Å². The number of nitrogens with one attached hydrogen (secondary N) is 1. The zero-order chi connectivity index (χ0) is 12.8. The van der Waals surface area contributed by atoms with Crippen molar-refractivity contribution >= 4 is 0 Å². The molecule has 2 rings (SSSR count). The van der Waals surface area contributed by atoms with Crippen LogP contribution in [0.5, 0.6) is 0 Å². The lowest BCUT2D eigenvalue weighted by atomic mass is 10.1. The minimum Gasteiger partial charge on any atom is -0.313 e. The summed E-state index contributed by atoms with van der Waals surface area (Å²) < 4.78 is 0. The quantitative estimate of drug-likeness (QED) is 0.830. The van der Waals surface area contributed by atoms with Crippen molar-refractivity contribution < 1.29 is 0 Å². The van der Waals surface area contributed by atoms with Gasteiger partial charge >= 0.3 is 0 Å². The third-order valence-electron chi connectivity index (χ3n) is 3.85. The van der Waals surface area contributed by atoms with Crippen molar-refractivity contribution in [2.75, 3.05) is 19.6 Å². The Morgan fingerprint density at radius 2 is 2.00 bits per heavy atom. The summed E-state index contributed by atoms with van der Waals surface area (Å²) in [6.07, 6.45) is 3.67. The van der Waals surface area contributed by atoms with Crippen molar-refractivity contribution in [3.8, 4) is 0 Å². The first-order valence-corrected chi connectivity index (χ1v) is 7.36. The van der Waals surface area contributed by atoms with E-state index in [0.29, 0.717) is 6.04 Å². The van der Waals surface area contributed by atoms with Crippen LogP contribution in [0.4, 0.5) is 0 Å². The van der Waals surface area contributed by atoms with Gasteiger partial charge in [0.05, 0.1) is 0 Å². The maximum absolute atomic E-state index is 3.63. The Morgan fingerprint density at radius 1 is 1.22 bits per heavy atom. The number of likely N-dealkylation sites (tertiary alicyclic amines) is 1. The Balaban J connectivity index is 1.87. The Kier molecular flexibility index (Phi) is 5.21. The van der Waals surface area contributed by atoms with E-state index >= 15 is 0 Å². The molecule has 18 heavy (non-hydrogen) atoms. The van der Waals surface area contributed by atoms with Gasteiger partial charge in [-0.3, -0.25) is 4.90 Å². The molecule has 1 saturated heterocycles. The molecule has 1 aromatic rings. The SMILES string of the molecule is CCCNC1CCN(Cc2ccccc2CC)C1. The zero-order valence-electron chi connectivity index (χ0n) is 11.8. The summed E-state index contributed by atoms with van der Waals surface area (Å²) in [5, 5.41) is 3.63. The molecule has 1 aliphatic heterocycles. The summed E-state index contributed by atoms with van der Waals surface area (Å²) in [5.41, 5.74) is 3.01. The van der Waals surface area contributed by atoms with E-state index < -0.39 is 0 Å². The molecule has 0 radical (unpaired) electrons. The molecule has 100 valence electrons. The van der Waals surface area contributed by atoms with Crippen molar-refractivity contribution in [3.63, 3.8) is 0 Å². The lowest BCUT2D eigenvalue weighted by Gasteiger charge is -2.18. The van der Waals surface area contributed by atoms with Gasteiger partial charge in [-0.05, 0) is 36.9 Å². The molecule has 1 fully saturated rings. The fourth-order valence-corrected chi connectivity index (χ4v) is 2.79. The summed E-state index contributed by atoms with van der Waals surface area (Å²) in [7, 11) is 0. The Labute approximate surface area is 111 Å². The van der Waals surface area contributed by atoms with Gasteiger partial charge in [0.25, 0.3) is 0 Å². The molecule has 1 aliphatic rings. The van der Waals surface area contributed by atoms with Crippen LogP contribution in [0.15, 0.2) is 24.3 Å². The number of hydrogen-bond acceptors (Lipinski definition) is 2. The van der Waals surface area contributed by atoms with Crippen molar-refractivity contribution in [1.29, 1.82) is 0 Å². The maximum atomic E-state index is 3.63. The van der Waals surface area contributed by atoms with Gasteiger partial charge in [0.2, 0.25) is 0 Å². The predicted molar refractivity (Wildman–Crippen MR) is 77.8 cm³/mol. The molecule has 1 unspecified atom stereocenters. The minimum atomic E-state index is 0.707. The van der Waals surface area contributed by atoms with Crippen LogP contribution in [-0.2, 0) is 13.0 Å². The van der Waals surface area contributed by atoms with Crippen LogP contribution in [0.3, 0.4) is 0 Å². The number of aryl methyl sites for hydroxylation is 1. The standard InChI is InChI=1S/C16H26N2/c1-3-10-17-16-9-11-18(13-16)12-15-8-6-5-7-14(15)4-2/h5-8,16-17H,3-4,9-13H2,1-2H3. The zero-order valence-corrected chi connectivity index (χ0v) is 11.8. The van der Waals surface area contributed by atoms with Crippen LogP contribution >= 0.6 is 0 Å². The van der Waals surface area contributed by atoms with E-state index in [-0.39, 0.29) is 0 Å². The van der Waals surface area contributed by atoms with E-state index in [1.165, 1.54) is 37.1 Å². The average Bonchev–Trinajstić information content (AvgIpc) is 2.84. The highest BCUT2D eigenvalue weighted by atomic mass is 15.2. The smallest absolute Gasteiger partial charge is 0.0237 e. The summed E-state index contributed by atoms with van der Waals surface area (Å²) in [5.74, 6) is 0. The number of hydrogen-bond donors (Lipinski definition) is 1. The van der Waals surface area contributed by atoms with Crippen LogP contribution in [0.2, 0.25) is 0 Å². The number of rotatable bonds is 6. The highest BCUT2D eigenvalue weighted by Gasteiger charge is 2.21. The third-order valence-corrected chi connectivity index (χ3v) is 3.85. The van der Waals surface area contributed by atoms with Crippen molar-refractivity contribution in [2.24, 2.45) is 0 Å². The maximum Gasteiger partial charge on any atom is 0.0237 e. The highest BCUT2D eigenvalue weighted by molar-refractivity contribution is 5.27. The summed E-state index contributed by atoms with van der Waals surface area (Å²) >= 11 is 0. The van der Waals surface area contributed by atoms with E-state index in [9.17, 15) is 0 Å². The number of benzene rings is 1. The lowest BCUT2D eigenvalue weighted by molar-refractivity contribution is 0.319.